The van der Waals surface area contributed by atoms with Crippen molar-refractivity contribution in [1.29, 1.82) is 0 Å². The summed E-state index contributed by atoms with van der Waals surface area (Å²) in [5.41, 5.74) is 0.860. The second kappa shape index (κ2) is 4.68. The first-order valence-corrected chi connectivity index (χ1v) is 7.97. The topological polar surface area (TPSA) is 49.4 Å². The molecule has 1 atom stereocenters. The fraction of sp³-hybridized carbons (Fsp3) is 0.636. The second-order valence-electron chi connectivity index (χ2n) is 4.55. The van der Waals surface area contributed by atoms with Gasteiger partial charge in [0.2, 0.25) is 0 Å². The van der Waals surface area contributed by atoms with Crippen LogP contribution in [0, 0.1) is 13.8 Å². The summed E-state index contributed by atoms with van der Waals surface area (Å²) in [6, 6.07) is 2.16. The maximum atomic E-state index is 12.5. The smallest absolute Gasteiger partial charge is 0.252 e. The quantitative estimate of drug-likeness (QED) is 0.885. The number of sulfonamides is 1. The van der Waals surface area contributed by atoms with Gasteiger partial charge in [0.15, 0.2) is 0 Å². The molecule has 1 aliphatic heterocycles. The summed E-state index contributed by atoms with van der Waals surface area (Å²) in [5, 5.41) is 3.25. The van der Waals surface area contributed by atoms with E-state index in [1.807, 2.05) is 26.8 Å². The number of nitrogens with one attached hydrogen (secondary N) is 1. The van der Waals surface area contributed by atoms with Crippen LogP contribution in [0.2, 0.25) is 0 Å². The molecule has 6 heteroatoms. The average Bonchev–Trinajstić information content (AvgIpc) is 2.58. The number of rotatable bonds is 2. The predicted molar refractivity (Wildman–Crippen MR) is 70.0 cm³/mol. The van der Waals surface area contributed by atoms with Gasteiger partial charge in [-0.2, -0.15) is 4.31 Å². The maximum absolute atomic E-state index is 12.5. The fourth-order valence-electron chi connectivity index (χ4n) is 2.11. The molecule has 17 heavy (non-hydrogen) atoms. The lowest BCUT2D eigenvalue weighted by Crippen LogP contribution is -2.51. The van der Waals surface area contributed by atoms with E-state index in [1.165, 1.54) is 11.3 Å². The van der Waals surface area contributed by atoms with Crippen LogP contribution in [-0.4, -0.2) is 38.4 Å². The molecule has 0 aliphatic carbocycles. The highest BCUT2D eigenvalue weighted by Crippen LogP contribution is 2.29. The molecule has 0 aromatic carbocycles. The summed E-state index contributed by atoms with van der Waals surface area (Å²) >= 11 is 1.37. The Hall–Kier alpha value is -0.430. The molecule has 0 radical (unpaired) electrons. The molecule has 4 nitrogen and oxygen atoms in total. The van der Waals surface area contributed by atoms with Gasteiger partial charge in [0.1, 0.15) is 4.21 Å². The van der Waals surface area contributed by atoms with Crippen LogP contribution in [0.4, 0.5) is 0 Å². The first-order chi connectivity index (χ1) is 7.91. The standard InChI is InChI=1S/C11H18N2O2S2/c1-8-6-10(3)16-11(8)17(14,15)13-5-4-12-9(2)7-13/h6,9,12H,4-5,7H2,1-3H3/t9-/m0/s1. The van der Waals surface area contributed by atoms with Gasteiger partial charge in [0.25, 0.3) is 10.0 Å². The molecule has 0 amide bonds. The number of thiophene rings is 1. The molecule has 1 saturated heterocycles. The van der Waals surface area contributed by atoms with Gasteiger partial charge in [0.05, 0.1) is 0 Å². The summed E-state index contributed by atoms with van der Waals surface area (Å²) in [6.45, 7) is 7.65. The minimum Gasteiger partial charge on any atom is -0.312 e. The van der Waals surface area contributed by atoms with E-state index in [0.717, 1.165) is 17.0 Å². The first kappa shape index (κ1) is 13.0. The Labute approximate surface area is 107 Å². The zero-order valence-electron chi connectivity index (χ0n) is 10.4. The molecular formula is C11H18N2O2S2. The Morgan fingerprint density at radius 2 is 2.18 bits per heavy atom. The van der Waals surface area contributed by atoms with Crippen LogP contribution in [0.1, 0.15) is 17.4 Å². The van der Waals surface area contributed by atoms with Crippen LogP contribution in [0.15, 0.2) is 10.3 Å². The Kier molecular flexibility index (Phi) is 3.58. The number of piperazine rings is 1. The molecule has 0 saturated carbocycles. The van der Waals surface area contributed by atoms with E-state index >= 15 is 0 Å². The van der Waals surface area contributed by atoms with Crippen LogP contribution in [0.25, 0.3) is 0 Å². The van der Waals surface area contributed by atoms with E-state index in [9.17, 15) is 8.42 Å². The minimum atomic E-state index is -3.29. The molecule has 0 bridgehead atoms. The zero-order valence-corrected chi connectivity index (χ0v) is 12.0. The van der Waals surface area contributed by atoms with Crippen molar-refractivity contribution < 1.29 is 8.42 Å². The number of hydrogen-bond acceptors (Lipinski definition) is 4. The van der Waals surface area contributed by atoms with Gasteiger partial charge >= 0.3 is 0 Å². The highest BCUT2D eigenvalue weighted by molar-refractivity contribution is 7.91. The first-order valence-electron chi connectivity index (χ1n) is 5.72. The number of hydrogen-bond donors (Lipinski definition) is 1. The average molecular weight is 274 g/mol. The monoisotopic (exact) mass is 274 g/mol. The Bertz CT molecular complexity index is 508. The fourth-order valence-corrected chi connectivity index (χ4v) is 5.44. The van der Waals surface area contributed by atoms with Gasteiger partial charge in [-0.3, -0.25) is 0 Å². The van der Waals surface area contributed by atoms with E-state index in [0.29, 0.717) is 17.3 Å². The van der Waals surface area contributed by atoms with Crippen molar-refractivity contribution in [3.8, 4) is 0 Å². The summed E-state index contributed by atoms with van der Waals surface area (Å²) in [7, 11) is -3.29. The van der Waals surface area contributed by atoms with E-state index in [4.69, 9.17) is 0 Å². The third kappa shape index (κ3) is 2.54. The van der Waals surface area contributed by atoms with Crippen LogP contribution in [0.5, 0.6) is 0 Å². The van der Waals surface area contributed by atoms with Crippen molar-refractivity contribution in [2.75, 3.05) is 19.6 Å². The molecule has 1 aromatic rings. The molecule has 96 valence electrons. The van der Waals surface area contributed by atoms with Crippen molar-refractivity contribution >= 4 is 21.4 Å². The molecule has 2 rings (SSSR count). The highest BCUT2D eigenvalue weighted by atomic mass is 32.2. The largest absolute Gasteiger partial charge is 0.312 e. The molecular weight excluding hydrogens is 256 g/mol. The minimum absolute atomic E-state index is 0.222. The molecule has 0 spiro atoms. The molecule has 1 N–H and O–H groups in total. The summed E-state index contributed by atoms with van der Waals surface area (Å²) in [5.74, 6) is 0. The van der Waals surface area contributed by atoms with Crippen LogP contribution < -0.4 is 5.32 Å². The van der Waals surface area contributed by atoms with E-state index in [-0.39, 0.29) is 6.04 Å². The van der Waals surface area contributed by atoms with Crippen molar-refractivity contribution in [2.24, 2.45) is 0 Å². The second-order valence-corrected chi connectivity index (χ2v) is 7.94. The number of aryl methyl sites for hydroxylation is 2. The van der Waals surface area contributed by atoms with Crippen LogP contribution >= 0.6 is 11.3 Å². The van der Waals surface area contributed by atoms with E-state index in [1.54, 1.807) is 4.31 Å². The Morgan fingerprint density at radius 1 is 1.47 bits per heavy atom. The van der Waals surface area contributed by atoms with Gasteiger partial charge in [-0.15, -0.1) is 11.3 Å². The molecule has 1 aromatic heterocycles. The van der Waals surface area contributed by atoms with Crippen LogP contribution in [-0.2, 0) is 10.0 Å². The lowest BCUT2D eigenvalue weighted by Gasteiger charge is -2.30. The Morgan fingerprint density at radius 3 is 2.71 bits per heavy atom. The highest BCUT2D eigenvalue weighted by Gasteiger charge is 2.30. The van der Waals surface area contributed by atoms with E-state index in [2.05, 4.69) is 5.32 Å². The van der Waals surface area contributed by atoms with Crippen molar-refractivity contribution in [3.63, 3.8) is 0 Å². The van der Waals surface area contributed by atoms with E-state index < -0.39 is 10.0 Å². The third-order valence-corrected chi connectivity index (χ3v) is 6.53. The zero-order chi connectivity index (χ0) is 12.6. The van der Waals surface area contributed by atoms with Crippen LogP contribution in [0.3, 0.4) is 0 Å². The summed E-state index contributed by atoms with van der Waals surface area (Å²) in [4.78, 5) is 1.05. The maximum Gasteiger partial charge on any atom is 0.252 e. The third-order valence-electron chi connectivity index (χ3n) is 2.90. The van der Waals surface area contributed by atoms with Crippen molar-refractivity contribution in [2.45, 2.75) is 31.0 Å². The van der Waals surface area contributed by atoms with Gasteiger partial charge < -0.3 is 5.32 Å². The van der Waals surface area contributed by atoms with Crippen molar-refractivity contribution in [3.05, 3.63) is 16.5 Å². The Balaban J connectivity index is 2.33. The molecule has 1 aliphatic rings. The molecule has 0 unspecified atom stereocenters. The molecule has 1 fully saturated rings. The summed E-state index contributed by atoms with van der Waals surface area (Å²) < 4.78 is 27.0. The van der Waals surface area contributed by atoms with Gasteiger partial charge in [-0.05, 0) is 32.4 Å². The van der Waals surface area contributed by atoms with Gasteiger partial charge in [0, 0.05) is 30.6 Å². The van der Waals surface area contributed by atoms with Gasteiger partial charge in [-0.25, -0.2) is 8.42 Å². The lowest BCUT2D eigenvalue weighted by molar-refractivity contribution is 0.310. The SMILES string of the molecule is Cc1cc(C)c(S(=O)(=O)N2CCN[C@@H](C)C2)s1. The number of nitrogens with zero attached hydrogens (tertiary/aromatic N) is 1. The lowest BCUT2D eigenvalue weighted by atomic mass is 10.3. The summed E-state index contributed by atoms with van der Waals surface area (Å²) in [6.07, 6.45) is 0. The predicted octanol–water partition coefficient (Wildman–Crippen LogP) is 1.35. The normalized spacial score (nSPS) is 22.9. The van der Waals surface area contributed by atoms with Gasteiger partial charge in [-0.1, -0.05) is 0 Å². The molecule has 2 heterocycles. The van der Waals surface area contributed by atoms with Crippen molar-refractivity contribution in [1.82, 2.24) is 9.62 Å².